The van der Waals surface area contributed by atoms with Crippen LogP contribution in [0.4, 0.5) is 5.82 Å². The number of nitrogen functional groups attached to an aromatic ring is 1. The number of ether oxygens (including phenoxy) is 1. The van der Waals surface area contributed by atoms with Crippen LogP contribution < -0.4 is 10.5 Å². The highest BCUT2D eigenvalue weighted by Crippen LogP contribution is 2.37. The Labute approximate surface area is 110 Å². The summed E-state index contributed by atoms with van der Waals surface area (Å²) >= 11 is 1.63. The predicted octanol–water partition coefficient (Wildman–Crippen LogP) is 2.33. The van der Waals surface area contributed by atoms with E-state index in [-0.39, 0.29) is 0 Å². The molecule has 18 heavy (non-hydrogen) atoms. The molecule has 0 fully saturated rings. The summed E-state index contributed by atoms with van der Waals surface area (Å²) in [6, 6.07) is 8.17. The van der Waals surface area contributed by atoms with Crippen LogP contribution in [0.25, 0.3) is 0 Å². The second kappa shape index (κ2) is 4.86. The highest BCUT2D eigenvalue weighted by atomic mass is 32.2. The Morgan fingerprint density at radius 1 is 1.28 bits per heavy atom. The topological polar surface area (TPSA) is 61.0 Å². The lowest BCUT2D eigenvalue weighted by atomic mass is 10.0. The lowest BCUT2D eigenvalue weighted by Gasteiger charge is -2.08. The number of aromatic nitrogens is 2. The molecule has 5 heteroatoms. The number of rotatable bonds is 3. The van der Waals surface area contributed by atoms with Crippen molar-refractivity contribution in [3.05, 3.63) is 42.2 Å². The standard InChI is InChI=1S/C13H13N3OS/c14-12-13(16-6-5-15-12)18-8-9-7-17-11-4-2-1-3-10(9)11/h1-6,9H,7-8H2,(H2,14,15). The van der Waals surface area contributed by atoms with Crippen LogP contribution >= 0.6 is 11.8 Å². The van der Waals surface area contributed by atoms with E-state index in [0.29, 0.717) is 11.7 Å². The van der Waals surface area contributed by atoms with Crippen molar-refractivity contribution >= 4 is 17.6 Å². The van der Waals surface area contributed by atoms with E-state index < -0.39 is 0 Å². The summed E-state index contributed by atoms with van der Waals surface area (Å²) in [4.78, 5) is 8.26. The van der Waals surface area contributed by atoms with Crippen LogP contribution in [0.5, 0.6) is 5.75 Å². The first-order valence-corrected chi connectivity index (χ1v) is 6.74. The number of fused-ring (bicyclic) bond motifs is 1. The number of anilines is 1. The average molecular weight is 259 g/mol. The van der Waals surface area contributed by atoms with Crippen LogP contribution in [-0.2, 0) is 0 Å². The molecule has 0 bridgehead atoms. The Morgan fingerprint density at radius 3 is 3.00 bits per heavy atom. The van der Waals surface area contributed by atoms with Gasteiger partial charge in [-0.1, -0.05) is 18.2 Å². The van der Waals surface area contributed by atoms with E-state index >= 15 is 0 Å². The third kappa shape index (κ3) is 2.13. The van der Waals surface area contributed by atoms with Gasteiger partial charge >= 0.3 is 0 Å². The molecule has 2 aromatic rings. The molecule has 2 N–H and O–H groups in total. The second-order valence-corrected chi connectivity index (χ2v) is 5.11. The van der Waals surface area contributed by atoms with E-state index in [9.17, 15) is 0 Å². The molecule has 1 atom stereocenters. The van der Waals surface area contributed by atoms with E-state index in [0.717, 1.165) is 23.1 Å². The lowest BCUT2D eigenvalue weighted by molar-refractivity contribution is 0.338. The first kappa shape index (κ1) is 11.3. The number of nitrogens with zero attached hydrogens (tertiary/aromatic N) is 2. The van der Waals surface area contributed by atoms with Crippen molar-refractivity contribution in [2.24, 2.45) is 0 Å². The molecule has 92 valence electrons. The minimum atomic E-state index is 0.396. The van der Waals surface area contributed by atoms with Gasteiger partial charge in [-0.2, -0.15) is 0 Å². The van der Waals surface area contributed by atoms with Crippen LogP contribution in [0.15, 0.2) is 41.7 Å². The van der Waals surface area contributed by atoms with Gasteiger partial charge in [-0.25, -0.2) is 9.97 Å². The zero-order valence-electron chi connectivity index (χ0n) is 9.74. The zero-order chi connectivity index (χ0) is 12.4. The maximum Gasteiger partial charge on any atom is 0.156 e. The van der Waals surface area contributed by atoms with Crippen LogP contribution in [0, 0.1) is 0 Å². The molecule has 2 heterocycles. The Morgan fingerprint density at radius 2 is 2.11 bits per heavy atom. The molecule has 0 saturated heterocycles. The monoisotopic (exact) mass is 259 g/mol. The van der Waals surface area contributed by atoms with Crippen LogP contribution in [0.2, 0.25) is 0 Å². The van der Waals surface area contributed by atoms with Crippen LogP contribution in [0.3, 0.4) is 0 Å². The molecule has 3 rings (SSSR count). The first-order chi connectivity index (χ1) is 8.84. The molecule has 1 aliphatic heterocycles. The number of nitrogens with two attached hydrogens (primary N) is 1. The SMILES string of the molecule is Nc1nccnc1SCC1COc2ccccc21. The lowest BCUT2D eigenvalue weighted by Crippen LogP contribution is -2.04. The minimum absolute atomic E-state index is 0.396. The third-order valence-electron chi connectivity index (χ3n) is 2.91. The number of thioether (sulfide) groups is 1. The van der Waals surface area contributed by atoms with Gasteiger partial charge in [0.2, 0.25) is 0 Å². The molecule has 1 aromatic carbocycles. The average Bonchev–Trinajstić information content (AvgIpc) is 2.81. The Bertz CT molecular complexity index is 561. The van der Waals surface area contributed by atoms with E-state index in [4.69, 9.17) is 10.5 Å². The van der Waals surface area contributed by atoms with Crippen molar-refractivity contribution in [1.82, 2.24) is 9.97 Å². The van der Waals surface area contributed by atoms with E-state index in [1.54, 1.807) is 24.2 Å². The maximum absolute atomic E-state index is 5.77. The van der Waals surface area contributed by atoms with Crippen molar-refractivity contribution < 1.29 is 4.74 Å². The van der Waals surface area contributed by atoms with Crippen molar-refractivity contribution in [2.75, 3.05) is 18.1 Å². The van der Waals surface area contributed by atoms with Crippen molar-refractivity contribution in [3.63, 3.8) is 0 Å². The normalized spacial score (nSPS) is 17.2. The van der Waals surface area contributed by atoms with Gasteiger partial charge in [-0.05, 0) is 6.07 Å². The summed E-state index contributed by atoms with van der Waals surface area (Å²) in [6.07, 6.45) is 3.27. The summed E-state index contributed by atoms with van der Waals surface area (Å²) in [5.41, 5.74) is 7.05. The van der Waals surface area contributed by atoms with E-state index in [1.807, 2.05) is 18.2 Å². The van der Waals surface area contributed by atoms with Gasteiger partial charge in [0, 0.05) is 29.6 Å². The minimum Gasteiger partial charge on any atom is -0.493 e. The Balaban J connectivity index is 1.71. The summed E-state index contributed by atoms with van der Waals surface area (Å²) in [7, 11) is 0. The van der Waals surface area contributed by atoms with Crippen LogP contribution in [-0.4, -0.2) is 22.3 Å². The van der Waals surface area contributed by atoms with Gasteiger partial charge in [-0.3, -0.25) is 0 Å². The van der Waals surface area contributed by atoms with Gasteiger partial charge < -0.3 is 10.5 Å². The van der Waals surface area contributed by atoms with E-state index in [2.05, 4.69) is 16.0 Å². The largest absolute Gasteiger partial charge is 0.493 e. The molecule has 0 radical (unpaired) electrons. The number of para-hydroxylation sites is 1. The fourth-order valence-corrected chi connectivity index (χ4v) is 2.96. The molecule has 1 unspecified atom stereocenters. The fraction of sp³-hybridized carbons (Fsp3) is 0.231. The van der Waals surface area contributed by atoms with Crippen molar-refractivity contribution in [1.29, 1.82) is 0 Å². The molecular formula is C13H13N3OS. The third-order valence-corrected chi connectivity index (χ3v) is 4.07. The molecule has 1 aliphatic rings. The Hall–Kier alpha value is -1.75. The summed E-state index contributed by atoms with van der Waals surface area (Å²) in [6.45, 7) is 0.729. The maximum atomic E-state index is 5.77. The molecule has 4 nitrogen and oxygen atoms in total. The number of hydrogen-bond acceptors (Lipinski definition) is 5. The second-order valence-electron chi connectivity index (χ2n) is 4.10. The highest BCUT2D eigenvalue weighted by molar-refractivity contribution is 7.99. The molecular weight excluding hydrogens is 246 g/mol. The molecule has 1 aromatic heterocycles. The van der Waals surface area contributed by atoms with Gasteiger partial charge in [0.1, 0.15) is 10.8 Å². The molecule has 0 amide bonds. The summed E-state index contributed by atoms with van der Waals surface area (Å²) in [5, 5.41) is 0.793. The van der Waals surface area contributed by atoms with Crippen molar-refractivity contribution in [3.8, 4) is 5.75 Å². The quantitative estimate of drug-likeness (QED) is 0.857. The Kier molecular flexibility index (Phi) is 3.06. The smallest absolute Gasteiger partial charge is 0.156 e. The van der Waals surface area contributed by atoms with Gasteiger partial charge in [-0.15, -0.1) is 11.8 Å². The van der Waals surface area contributed by atoms with E-state index in [1.165, 1.54) is 5.56 Å². The van der Waals surface area contributed by atoms with Crippen LogP contribution in [0.1, 0.15) is 11.5 Å². The highest BCUT2D eigenvalue weighted by Gasteiger charge is 2.23. The molecule has 0 saturated carbocycles. The molecule has 0 aliphatic carbocycles. The van der Waals surface area contributed by atoms with Crippen molar-refractivity contribution in [2.45, 2.75) is 10.9 Å². The molecule has 0 spiro atoms. The first-order valence-electron chi connectivity index (χ1n) is 5.75. The number of hydrogen-bond donors (Lipinski definition) is 1. The van der Waals surface area contributed by atoms with Gasteiger partial charge in [0.15, 0.2) is 5.82 Å². The fourth-order valence-electron chi connectivity index (χ4n) is 1.99. The predicted molar refractivity (Wildman–Crippen MR) is 71.8 cm³/mol. The van der Waals surface area contributed by atoms with Gasteiger partial charge in [0.05, 0.1) is 6.61 Å². The summed E-state index contributed by atoms with van der Waals surface area (Å²) < 4.78 is 5.65. The summed E-state index contributed by atoms with van der Waals surface area (Å²) in [5.74, 6) is 2.79. The number of benzene rings is 1. The zero-order valence-corrected chi connectivity index (χ0v) is 10.6. The van der Waals surface area contributed by atoms with Gasteiger partial charge in [0.25, 0.3) is 0 Å².